The maximum atomic E-state index is 15.8. The zero-order valence-electron chi connectivity index (χ0n) is 49.4. The molecule has 0 radical (unpaired) electrons. The maximum Gasteiger partial charge on any atom is 0.350 e. The number of rotatable bonds is 29. The third-order valence-corrected chi connectivity index (χ3v) is 18.0. The zero-order valence-corrected chi connectivity index (χ0v) is 49.4. The van der Waals surface area contributed by atoms with Crippen LogP contribution < -0.4 is 5.32 Å². The number of amides is 1. The number of aliphatic hydroxyl groups is 2. The Balaban J connectivity index is 1.19. The summed E-state index contributed by atoms with van der Waals surface area (Å²) < 4.78 is 36.9. The molecule has 2 saturated carbocycles. The first-order chi connectivity index (χ1) is 40.1. The van der Waals surface area contributed by atoms with Crippen LogP contribution in [-0.4, -0.2) is 118 Å². The summed E-state index contributed by atoms with van der Waals surface area (Å²) in [5.41, 5.74) is -5.01. The van der Waals surface area contributed by atoms with Crippen LogP contribution in [0.3, 0.4) is 0 Å². The van der Waals surface area contributed by atoms with Gasteiger partial charge in [0, 0.05) is 62.3 Å². The SMILES string of the molecule is CC(=O)OCC1OC2C[C@H](O)[C@@]3(C)C(=O)[C@H](OC(C)=O)C4=C(C)[C@@H](OC(=O)[C@H](OC(=O)CCCCCCCCCCCCCCCCC(=O)O)[C@@H](NC(=O)c5ccccc5)c5ccccc5)C[C@@](O)([C@@H](OC(=O)c5ccccc5)C3C12)C4(C)C. The second-order valence-electron chi connectivity index (χ2n) is 24.0. The van der Waals surface area contributed by atoms with Crippen LogP contribution in [0.1, 0.15) is 189 Å². The highest BCUT2D eigenvalue weighted by molar-refractivity contribution is 5.96. The molecule has 1 heterocycles. The number of unbranched alkanes of at least 4 members (excludes halogenated alkanes) is 13. The van der Waals surface area contributed by atoms with Crippen molar-refractivity contribution >= 4 is 47.5 Å². The fourth-order valence-electron chi connectivity index (χ4n) is 13.3. The first-order valence-electron chi connectivity index (χ1n) is 30.0. The standard InChI is InChI=1S/C66H85NO17/c1-41-48(39-66(78)60(84-62(76)46-34-26-21-27-35-46)55-53-47(81-49(53)40-79-42(2)68)38-50(70)65(55,6)59(74)57(80-43(3)69)54(41)64(66,4)5)82-63(77)58(56(44-30-22-19-23-31-44)67-61(75)45-32-24-20-25-33-45)83-52(73)37-29-18-16-14-12-10-8-7-9-11-13-15-17-28-36-51(71)72/h19-27,30-35,47-50,53,55-58,60,70,78H,7-18,28-29,36-40H2,1-6H3,(H,67,75)(H,71,72)/t47?,48-,49?,50-,53?,55?,56-,57+,58+,60-,65+,66+/m0/s1. The summed E-state index contributed by atoms with van der Waals surface area (Å²) >= 11 is 0. The number of carboxylic acids is 1. The summed E-state index contributed by atoms with van der Waals surface area (Å²) in [5, 5.41) is 38.1. The van der Waals surface area contributed by atoms with E-state index >= 15 is 9.59 Å². The molecule has 0 aromatic heterocycles. The van der Waals surface area contributed by atoms with Crippen LogP contribution in [0.2, 0.25) is 0 Å². The lowest BCUT2D eigenvalue weighted by Gasteiger charge is -2.65. The normalized spacial score (nSPS) is 26.5. The Morgan fingerprint density at radius 3 is 1.75 bits per heavy atom. The highest BCUT2D eigenvalue weighted by Gasteiger charge is 2.74. The number of ether oxygens (including phenoxy) is 6. The minimum atomic E-state index is -2.36. The van der Waals surface area contributed by atoms with E-state index in [1.165, 1.54) is 26.0 Å². The number of esters is 5. The van der Waals surface area contributed by atoms with Gasteiger partial charge in [0.15, 0.2) is 11.9 Å². The van der Waals surface area contributed by atoms with E-state index in [1.807, 2.05) is 0 Å². The quantitative estimate of drug-likeness (QED) is 0.0218. The highest BCUT2D eigenvalue weighted by atomic mass is 16.6. The summed E-state index contributed by atoms with van der Waals surface area (Å²) in [5.74, 6) is -8.50. The second-order valence-corrected chi connectivity index (χ2v) is 24.0. The highest BCUT2D eigenvalue weighted by Crippen LogP contribution is 2.63. The summed E-state index contributed by atoms with van der Waals surface area (Å²) in [7, 11) is 0. The first kappa shape index (κ1) is 64.8. The van der Waals surface area contributed by atoms with Crippen molar-refractivity contribution < 1.29 is 82.1 Å². The number of carbonyl (C=O) groups is 8. The molecule has 3 aromatic carbocycles. The molecule has 4 N–H and O–H groups in total. The van der Waals surface area contributed by atoms with Crippen LogP contribution in [0.25, 0.3) is 0 Å². The first-order valence-corrected chi connectivity index (χ1v) is 30.0. The number of benzene rings is 3. The van der Waals surface area contributed by atoms with Crippen LogP contribution in [0.15, 0.2) is 102 Å². The molecule has 3 aromatic rings. The Labute approximate surface area is 492 Å². The smallest absolute Gasteiger partial charge is 0.350 e. The van der Waals surface area contributed by atoms with Crippen molar-refractivity contribution in [1.29, 1.82) is 0 Å². The molecular weight excluding hydrogens is 1080 g/mol. The summed E-state index contributed by atoms with van der Waals surface area (Å²) in [6.07, 6.45) is 3.11. The molecule has 84 heavy (non-hydrogen) atoms. The van der Waals surface area contributed by atoms with Gasteiger partial charge in [-0.3, -0.25) is 28.8 Å². The van der Waals surface area contributed by atoms with Gasteiger partial charge >= 0.3 is 35.8 Å². The molecule has 7 rings (SSSR count). The predicted molar refractivity (Wildman–Crippen MR) is 308 cm³/mol. The molecule has 2 bridgehead atoms. The van der Waals surface area contributed by atoms with E-state index in [4.69, 9.17) is 33.5 Å². The molecule has 3 aliphatic carbocycles. The van der Waals surface area contributed by atoms with Crippen molar-refractivity contribution in [1.82, 2.24) is 5.32 Å². The molecule has 1 amide bonds. The molecule has 18 nitrogen and oxygen atoms in total. The monoisotopic (exact) mass is 1160 g/mol. The minimum Gasteiger partial charge on any atom is -0.481 e. The number of hydrogen-bond donors (Lipinski definition) is 4. The number of ketones is 1. The van der Waals surface area contributed by atoms with E-state index < -0.39 is 131 Å². The predicted octanol–water partition coefficient (Wildman–Crippen LogP) is 9.86. The van der Waals surface area contributed by atoms with E-state index in [-0.39, 0.29) is 48.1 Å². The second kappa shape index (κ2) is 29.4. The third-order valence-electron chi connectivity index (χ3n) is 18.0. The van der Waals surface area contributed by atoms with Crippen molar-refractivity contribution in [2.24, 2.45) is 22.7 Å². The molecule has 4 unspecified atom stereocenters. The average Bonchev–Trinajstić information content (AvgIpc) is 0.710. The molecule has 456 valence electrons. The Hall–Kier alpha value is -6.76. The number of aliphatic carboxylic acids is 1. The number of hydrogen-bond acceptors (Lipinski definition) is 16. The lowest BCUT2D eigenvalue weighted by atomic mass is 9.45. The van der Waals surface area contributed by atoms with Crippen LogP contribution >= 0.6 is 0 Å². The number of aliphatic hydroxyl groups excluding tert-OH is 1. The van der Waals surface area contributed by atoms with Gasteiger partial charge in [0.25, 0.3) is 5.91 Å². The summed E-state index contributed by atoms with van der Waals surface area (Å²) in [4.78, 5) is 110. The van der Waals surface area contributed by atoms with Crippen LogP contribution in [-0.2, 0) is 57.2 Å². The number of carbonyl (C=O) groups excluding carboxylic acids is 7. The van der Waals surface area contributed by atoms with Crippen molar-refractivity contribution in [3.63, 3.8) is 0 Å². The fraction of sp³-hybridized carbons (Fsp3) is 0.576. The number of nitrogens with one attached hydrogen (secondary N) is 1. The van der Waals surface area contributed by atoms with Crippen molar-refractivity contribution in [2.45, 2.75) is 211 Å². The van der Waals surface area contributed by atoms with Gasteiger partial charge in [-0.05, 0) is 67.7 Å². The number of fused-ring (bicyclic) bond motifs is 5. The van der Waals surface area contributed by atoms with E-state index in [1.54, 1.807) is 99.6 Å². The van der Waals surface area contributed by atoms with Gasteiger partial charge in [0.05, 0.1) is 29.3 Å². The lowest BCUT2D eigenvalue weighted by molar-refractivity contribution is -0.307. The topological polar surface area (TPSA) is 265 Å². The number of Topliss-reactive ketones (excluding diaryl/α,β-unsaturated/α-hetero) is 1. The fourth-order valence-corrected chi connectivity index (χ4v) is 13.3. The van der Waals surface area contributed by atoms with Crippen LogP contribution in [0.4, 0.5) is 0 Å². The maximum absolute atomic E-state index is 15.8. The van der Waals surface area contributed by atoms with Crippen LogP contribution in [0, 0.1) is 22.7 Å². The zero-order chi connectivity index (χ0) is 60.8. The molecule has 1 aliphatic heterocycles. The van der Waals surface area contributed by atoms with Crippen molar-refractivity contribution in [3.8, 4) is 0 Å². The molecular formula is C66H85NO17. The van der Waals surface area contributed by atoms with Gasteiger partial charge in [-0.15, -0.1) is 0 Å². The summed E-state index contributed by atoms with van der Waals surface area (Å²) in [6, 6.07) is 23.4. The van der Waals surface area contributed by atoms with Crippen molar-refractivity contribution in [3.05, 3.63) is 119 Å². The summed E-state index contributed by atoms with van der Waals surface area (Å²) in [6.45, 7) is 8.34. The van der Waals surface area contributed by atoms with Crippen LogP contribution in [0.5, 0.6) is 0 Å². The van der Waals surface area contributed by atoms with E-state index in [0.29, 0.717) is 12.0 Å². The minimum absolute atomic E-state index is 0.0224. The van der Waals surface area contributed by atoms with Crippen molar-refractivity contribution in [2.75, 3.05) is 6.61 Å². The Kier molecular flexibility index (Phi) is 22.6. The molecule has 18 heteroatoms. The van der Waals surface area contributed by atoms with Gasteiger partial charge < -0.3 is 49.1 Å². The van der Waals surface area contributed by atoms with Gasteiger partial charge in [0.2, 0.25) is 6.10 Å². The van der Waals surface area contributed by atoms with E-state index in [9.17, 15) is 39.0 Å². The Morgan fingerprint density at radius 1 is 0.690 bits per heavy atom. The van der Waals surface area contributed by atoms with Gasteiger partial charge in [-0.1, -0.05) is 158 Å². The average molecular weight is 1160 g/mol. The third kappa shape index (κ3) is 15.2. The van der Waals surface area contributed by atoms with Gasteiger partial charge in [0.1, 0.15) is 30.5 Å². The van der Waals surface area contributed by atoms with E-state index in [2.05, 4.69) is 5.32 Å². The Morgan fingerprint density at radius 2 is 1.21 bits per heavy atom. The van der Waals surface area contributed by atoms with Gasteiger partial charge in [-0.2, -0.15) is 0 Å². The molecule has 0 spiro atoms. The number of carboxylic acid groups (broad SMARTS) is 1. The lowest BCUT2D eigenvalue weighted by Crippen LogP contribution is -2.76. The Bertz CT molecular complexity index is 2800. The molecule has 12 atom stereocenters. The molecule has 4 aliphatic rings. The molecule has 1 saturated heterocycles. The largest absolute Gasteiger partial charge is 0.481 e. The van der Waals surface area contributed by atoms with Gasteiger partial charge in [-0.25, -0.2) is 9.59 Å². The van der Waals surface area contributed by atoms with E-state index in [0.717, 1.165) is 90.4 Å². The molecule has 3 fully saturated rings.